The van der Waals surface area contributed by atoms with E-state index in [1.807, 2.05) is 11.9 Å². The number of nitrogens with zero attached hydrogens (tertiary/aromatic N) is 2. The van der Waals surface area contributed by atoms with Crippen molar-refractivity contribution in [2.75, 3.05) is 34.2 Å². The topological polar surface area (TPSA) is 35.6 Å². The average molecular weight is 258 g/mol. The van der Waals surface area contributed by atoms with Crippen molar-refractivity contribution in [2.45, 2.75) is 18.9 Å². The van der Waals surface area contributed by atoms with Gasteiger partial charge in [-0.1, -0.05) is 0 Å². The lowest BCUT2D eigenvalue weighted by Gasteiger charge is -2.33. The van der Waals surface area contributed by atoms with Crippen molar-refractivity contribution in [2.24, 2.45) is 0 Å². The van der Waals surface area contributed by atoms with Crippen LogP contribution in [0.15, 0.2) is 0 Å². The van der Waals surface area contributed by atoms with Crippen LogP contribution < -0.4 is 5.32 Å². The van der Waals surface area contributed by atoms with Gasteiger partial charge in [0, 0.05) is 33.7 Å². The zero-order valence-electron chi connectivity index (χ0n) is 9.52. The number of piperidine rings is 1. The van der Waals surface area contributed by atoms with Gasteiger partial charge in [-0.2, -0.15) is 0 Å². The summed E-state index contributed by atoms with van der Waals surface area (Å²) >= 11 is 0. The second kappa shape index (κ2) is 8.02. The van der Waals surface area contributed by atoms with Crippen LogP contribution >= 0.6 is 24.8 Å². The summed E-state index contributed by atoms with van der Waals surface area (Å²) in [5.41, 5.74) is 0. The van der Waals surface area contributed by atoms with Gasteiger partial charge in [0.25, 0.3) is 0 Å². The first-order valence-corrected chi connectivity index (χ1v) is 4.77. The van der Waals surface area contributed by atoms with E-state index in [0.717, 1.165) is 25.9 Å². The lowest BCUT2D eigenvalue weighted by atomic mass is 10.1. The second-order valence-corrected chi connectivity index (χ2v) is 3.79. The third kappa shape index (κ3) is 4.91. The minimum Gasteiger partial charge on any atom is -0.331 e. The Morgan fingerprint density at radius 1 is 1.27 bits per heavy atom. The summed E-state index contributed by atoms with van der Waals surface area (Å²) in [5.74, 6) is 0. The van der Waals surface area contributed by atoms with E-state index in [1.54, 1.807) is 19.0 Å². The van der Waals surface area contributed by atoms with Gasteiger partial charge >= 0.3 is 6.03 Å². The highest BCUT2D eigenvalue weighted by Gasteiger charge is 2.22. The minimum atomic E-state index is 0. The molecule has 1 rings (SSSR count). The van der Waals surface area contributed by atoms with E-state index in [0.29, 0.717) is 6.04 Å². The maximum absolute atomic E-state index is 11.6. The van der Waals surface area contributed by atoms with Crippen molar-refractivity contribution in [1.29, 1.82) is 0 Å². The number of nitrogens with one attached hydrogen (secondary N) is 1. The molecule has 1 aliphatic rings. The third-order valence-corrected chi connectivity index (χ3v) is 2.50. The van der Waals surface area contributed by atoms with Crippen molar-refractivity contribution in [3.63, 3.8) is 0 Å². The number of carbonyl (C=O) groups excluding carboxylic acids is 1. The molecular formula is C9H21Cl2N3O. The molecule has 1 aliphatic heterocycles. The second-order valence-electron chi connectivity index (χ2n) is 3.79. The van der Waals surface area contributed by atoms with Crippen molar-refractivity contribution in [3.8, 4) is 0 Å². The molecule has 0 aromatic carbocycles. The van der Waals surface area contributed by atoms with Gasteiger partial charge < -0.3 is 15.1 Å². The van der Waals surface area contributed by atoms with E-state index >= 15 is 0 Å². The van der Waals surface area contributed by atoms with Crippen molar-refractivity contribution in [1.82, 2.24) is 15.1 Å². The van der Waals surface area contributed by atoms with E-state index in [1.165, 1.54) is 0 Å². The molecule has 1 fully saturated rings. The number of amides is 2. The van der Waals surface area contributed by atoms with Gasteiger partial charge in [-0.15, -0.1) is 24.8 Å². The quantitative estimate of drug-likeness (QED) is 0.767. The molecule has 0 aromatic rings. The smallest absolute Gasteiger partial charge is 0.319 e. The fourth-order valence-corrected chi connectivity index (χ4v) is 1.64. The van der Waals surface area contributed by atoms with E-state index < -0.39 is 0 Å². The largest absolute Gasteiger partial charge is 0.331 e. The Labute approximate surface area is 104 Å². The number of urea groups is 1. The highest BCUT2D eigenvalue weighted by atomic mass is 35.5. The minimum absolute atomic E-state index is 0. The molecule has 1 saturated heterocycles. The number of rotatable bonds is 1. The van der Waals surface area contributed by atoms with Crippen LogP contribution in [0.3, 0.4) is 0 Å². The Balaban J connectivity index is 0. The fourth-order valence-electron chi connectivity index (χ4n) is 1.64. The van der Waals surface area contributed by atoms with Gasteiger partial charge in [-0.05, 0) is 19.4 Å². The summed E-state index contributed by atoms with van der Waals surface area (Å²) in [6.45, 7) is 2.01. The maximum Gasteiger partial charge on any atom is 0.319 e. The van der Waals surface area contributed by atoms with Gasteiger partial charge in [0.15, 0.2) is 0 Å². The van der Waals surface area contributed by atoms with Gasteiger partial charge in [0.05, 0.1) is 0 Å². The molecule has 0 bridgehead atoms. The number of carbonyl (C=O) groups is 1. The number of halogens is 2. The number of hydrogen-bond donors (Lipinski definition) is 1. The molecule has 1 atom stereocenters. The first-order chi connectivity index (χ1) is 6.13. The standard InChI is InChI=1S/C9H19N3O.2ClH/c1-11(2)9(13)12(3)8-5-4-6-10-7-8;;/h8,10H,4-7H2,1-3H3;2*1H. The zero-order valence-corrected chi connectivity index (χ0v) is 11.2. The van der Waals surface area contributed by atoms with Crippen LogP contribution in [-0.2, 0) is 0 Å². The number of likely N-dealkylation sites (N-methyl/N-ethyl adjacent to an activating group) is 1. The molecule has 0 radical (unpaired) electrons. The van der Waals surface area contributed by atoms with Gasteiger partial charge in [-0.25, -0.2) is 4.79 Å². The van der Waals surface area contributed by atoms with E-state index in [9.17, 15) is 4.79 Å². The summed E-state index contributed by atoms with van der Waals surface area (Å²) in [6, 6.07) is 0.456. The van der Waals surface area contributed by atoms with Crippen LogP contribution in [0.1, 0.15) is 12.8 Å². The van der Waals surface area contributed by atoms with E-state index in [4.69, 9.17) is 0 Å². The SMILES string of the molecule is CN(C)C(=O)N(C)C1CCCNC1.Cl.Cl. The summed E-state index contributed by atoms with van der Waals surface area (Å²) in [6.07, 6.45) is 2.28. The van der Waals surface area contributed by atoms with Gasteiger partial charge in [0.2, 0.25) is 0 Å². The first kappa shape index (κ1) is 17.2. The lowest BCUT2D eigenvalue weighted by Crippen LogP contribution is -2.49. The van der Waals surface area contributed by atoms with Crippen LogP contribution in [0.25, 0.3) is 0 Å². The predicted molar refractivity (Wildman–Crippen MR) is 67.2 cm³/mol. The molecule has 0 aromatic heterocycles. The molecule has 1 unspecified atom stereocenters. The van der Waals surface area contributed by atoms with Crippen molar-refractivity contribution < 1.29 is 4.79 Å². The Hall–Kier alpha value is -0.190. The third-order valence-electron chi connectivity index (χ3n) is 2.50. The fraction of sp³-hybridized carbons (Fsp3) is 0.889. The summed E-state index contributed by atoms with van der Waals surface area (Å²) < 4.78 is 0. The normalized spacial score (nSPS) is 19.5. The molecule has 0 saturated carbocycles. The number of hydrogen-bond acceptors (Lipinski definition) is 2. The molecule has 92 valence electrons. The molecule has 1 heterocycles. The van der Waals surface area contributed by atoms with Crippen LogP contribution in [0.2, 0.25) is 0 Å². The van der Waals surface area contributed by atoms with Crippen molar-refractivity contribution in [3.05, 3.63) is 0 Å². The molecule has 0 spiro atoms. The van der Waals surface area contributed by atoms with E-state index in [-0.39, 0.29) is 30.8 Å². The van der Waals surface area contributed by atoms with Crippen LogP contribution in [-0.4, -0.2) is 56.1 Å². The highest BCUT2D eigenvalue weighted by molar-refractivity contribution is 5.85. The molecular weight excluding hydrogens is 237 g/mol. The molecule has 2 amide bonds. The van der Waals surface area contributed by atoms with Crippen LogP contribution in [0.4, 0.5) is 4.79 Å². The molecule has 6 heteroatoms. The maximum atomic E-state index is 11.6. The molecule has 0 aliphatic carbocycles. The zero-order chi connectivity index (χ0) is 9.84. The van der Waals surface area contributed by atoms with Gasteiger partial charge in [-0.3, -0.25) is 0 Å². The molecule has 15 heavy (non-hydrogen) atoms. The van der Waals surface area contributed by atoms with Gasteiger partial charge in [0.1, 0.15) is 0 Å². The summed E-state index contributed by atoms with van der Waals surface area (Å²) in [4.78, 5) is 15.0. The molecule has 1 N–H and O–H groups in total. The summed E-state index contributed by atoms with van der Waals surface area (Å²) in [7, 11) is 5.45. The Bertz CT molecular complexity index is 184. The van der Waals surface area contributed by atoms with Crippen LogP contribution in [0, 0.1) is 0 Å². The average Bonchev–Trinajstić information content (AvgIpc) is 2.17. The predicted octanol–water partition coefficient (Wildman–Crippen LogP) is 1.20. The van der Waals surface area contributed by atoms with Crippen LogP contribution in [0.5, 0.6) is 0 Å². The highest BCUT2D eigenvalue weighted by Crippen LogP contribution is 2.09. The molecule has 4 nitrogen and oxygen atoms in total. The lowest BCUT2D eigenvalue weighted by molar-refractivity contribution is 0.154. The van der Waals surface area contributed by atoms with Crippen molar-refractivity contribution >= 4 is 30.8 Å². The van der Waals surface area contributed by atoms with E-state index in [2.05, 4.69) is 5.32 Å². The summed E-state index contributed by atoms with van der Waals surface area (Å²) in [5, 5.41) is 3.30. The Morgan fingerprint density at radius 3 is 2.27 bits per heavy atom. The first-order valence-electron chi connectivity index (χ1n) is 4.77. The Kier molecular flexibility index (Phi) is 9.20. The Morgan fingerprint density at radius 2 is 1.87 bits per heavy atom. The monoisotopic (exact) mass is 257 g/mol.